The van der Waals surface area contributed by atoms with Crippen molar-refractivity contribution in [3.05, 3.63) is 18.0 Å². The van der Waals surface area contributed by atoms with Crippen LogP contribution in [-0.2, 0) is 6.42 Å². The van der Waals surface area contributed by atoms with Crippen LogP contribution in [0.2, 0.25) is 0 Å². The second-order valence-electron chi connectivity index (χ2n) is 5.54. The maximum absolute atomic E-state index is 6.13. The van der Waals surface area contributed by atoms with E-state index in [4.69, 9.17) is 11.6 Å². The number of hydrogen-bond donors (Lipinski definition) is 0. The molecule has 2 rings (SSSR count). The zero-order valence-corrected chi connectivity index (χ0v) is 11.7. The average molecular weight is 255 g/mol. The first-order valence-electron chi connectivity index (χ1n) is 6.80. The highest BCUT2D eigenvalue weighted by Crippen LogP contribution is 2.33. The lowest BCUT2D eigenvalue weighted by molar-refractivity contribution is 0.364. The van der Waals surface area contributed by atoms with E-state index in [1.54, 1.807) is 0 Å². The van der Waals surface area contributed by atoms with Crippen molar-refractivity contribution >= 4 is 11.6 Å². The van der Waals surface area contributed by atoms with E-state index in [9.17, 15) is 0 Å². The van der Waals surface area contributed by atoms with Crippen LogP contribution in [0.3, 0.4) is 0 Å². The molecule has 96 valence electrons. The molecule has 2 nitrogen and oxygen atoms in total. The summed E-state index contributed by atoms with van der Waals surface area (Å²) in [4.78, 5) is 0. The Bertz CT molecular complexity index is 340. The lowest BCUT2D eigenvalue weighted by atomic mass is 9.89. The van der Waals surface area contributed by atoms with Crippen LogP contribution in [-0.4, -0.2) is 15.7 Å². The fourth-order valence-electron chi connectivity index (χ4n) is 2.82. The summed E-state index contributed by atoms with van der Waals surface area (Å²) in [7, 11) is 0. The minimum absolute atomic E-state index is 0.449. The molecule has 1 aliphatic carbocycles. The third kappa shape index (κ3) is 3.25. The Balaban J connectivity index is 1.97. The normalized spacial score (nSPS) is 19.1. The van der Waals surface area contributed by atoms with Gasteiger partial charge in [0, 0.05) is 18.1 Å². The lowest BCUT2D eigenvalue weighted by Crippen LogP contribution is -2.17. The SMILES string of the molecule is CC(C)n1ccc(CC(CCl)C2CCCC2)n1. The number of aromatic nitrogens is 2. The Morgan fingerprint density at radius 1 is 1.41 bits per heavy atom. The van der Waals surface area contributed by atoms with Crippen molar-refractivity contribution < 1.29 is 0 Å². The quantitative estimate of drug-likeness (QED) is 0.725. The van der Waals surface area contributed by atoms with E-state index in [2.05, 4.69) is 31.2 Å². The van der Waals surface area contributed by atoms with Crippen LogP contribution in [0.1, 0.15) is 51.3 Å². The van der Waals surface area contributed by atoms with Crippen molar-refractivity contribution in [2.24, 2.45) is 11.8 Å². The molecular weight excluding hydrogens is 232 g/mol. The van der Waals surface area contributed by atoms with E-state index < -0.39 is 0 Å². The molecule has 1 atom stereocenters. The van der Waals surface area contributed by atoms with E-state index in [1.807, 2.05) is 4.68 Å². The van der Waals surface area contributed by atoms with Crippen LogP contribution in [0.25, 0.3) is 0 Å². The minimum Gasteiger partial charge on any atom is -0.270 e. The van der Waals surface area contributed by atoms with Gasteiger partial charge in [0.2, 0.25) is 0 Å². The van der Waals surface area contributed by atoms with Gasteiger partial charge in [-0.1, -0.05) is 25.7 Å². The Labute approximate surface area is 109 Å². The Morgan fingerprint density at radius 2 is 2.12 bits per heavy atom. The Kier molecular flexibility index (Phi) is 4.49. The third-order valence-electron chi connectivity index (χ3n) is 3.93. The topological polar surface area (TPSA) is 17.8 Å². The molecule has 0 aromatic carbocycles. The molecule has 17 heavy (non-hydrogen) atoms. The summed E-state index contributed by atoms with van der Waals surface area (Å²) in [6.07, 6.45) is 8.63. The molecule has 3 heteroatoms. The molecule has 1 unspecified atom stereocenters. The zero-order valence-electron chi connectivity index (χ0n) is 10.9. The summed E-state index contributed by atoms with van der Waals surface area (Å²) in [5.41, 5.74) is 1.20. The van der Waals surface area contributed by atoms with Gasteiger partial charge in [-0.2, -0.15) is 5.10 Å². The smallest absolute Gasteiger partial charge is 0.0628 e. The summed E-state index contributed by atoms with van der Waals surface area (Å²) in [6.45, 7) is 4.32. The molecule has 1 heterocycles. The fraction of sp³-hybridized carbons (Fsp3) is 0.786. The van der Waals surface area contributed by atoms with Gasteiger partial charge in [0.15, 0.2) is 0 Å². The average Bonchev–Trinajstić information content (AvgIpc) is 2.96. The van der Waals surface area contributed by atoms with Gasteiger partial charge in [-0.05, 0) is 38.2 Å². The number of hydrogen-bond acceptors (Lipinski definition) is 1. The first-order chi connectivity index (χ1) is 8.20. The van der Waals surface area contributed by atoms with Crippen molar-refractivity contribution in [3.8, 4) is 0 Å². The van der Waals surface area contributed by atoms with Crippen LogP contribution in [0.4, 0.5) is 0 Å². The molecule has 0 aliphatic heterocycles. The zero-order chi connectivity index (χ0) is 12.3. The van der Waals surface area contributed by atoms with Crippen LogP contribution >= 0.6 is 11.6 Å². The second-order valence-corrected chi connectivity index (χ2v) is 5.85. The first-order valence-corrected chi connectivity index (χ1v) is 7.34. The van der Waals surface area contributed by atoms with Crippen LogP contribution in [0, 0.1) is 11.8 Å². The maximum Gasteiger partial charge on any atom is 0.0628 e. The molecule has 1 aliphatic rings. The van der Waals surface area contributed by atoms with Gasteiger partial charge in [-0.3, -0.25) is 4.68 Å². The Hall–Kier alpha value is -0.500. The summed E-state index contributed by atoms with van der Waals surface area (Å²) in [5, 5.41) is 4.63. The number of alkyl halides is 1. The van der Waals surface area contributed by atoms with Crippen LogP contribution in [0.15, 0.2) is 12.3 Å². The molecule has 1 aromatic heterocycles. The van der Waals surface area contributed by atoms with E-state index in [0.29, 0.717) is 12.0 Å². The van der Waals surface area contributed by atoms with Gasteiger partial charge in [0.25, 0.3) is 0 Å². The molecule has 1 saturated carbocycles. The monoisotopic (exact) mass is 254 g/mol. The molecule has 1 aromatic rings. The highest BCUT2D eigenvalue weighted by molar-refractivity contribution is 6.18. The molecule has 0 N–H and O–H groups in total. The maximum atomic E-state index is 6.13. The van der Waals surface area contributed by atoms with Crippen molar-refractivity contribution in [1.29, 1.82) is 0 Å². The molecule has 1 fully saturated rings. The predicted molar refractivity (Wildman–Crippen MR) is 72.5 cm³/mol. The van der Waals surface area contributed by atoms with Crippen molar-refractivity contribution in [1.82, 2.24) is 9.78 Å². The van der Waals surface area contributed by atoms with Crippen LogP contribution < -0.4 is 0 Å². The molecule has 0 spiro atoms. The number of halogens is 1. The summed E-state index contributed by atoms with van der Waals surface area (Å²) < 4.78 is 2.04. The largest absolute Gasteiger partial charge is 0.270 e. The van der Waals surface area contributed by atoms with Gasteiger partial charge in [0.05, 0.1) is 5.69 Å². The summed E-state index contributed by atoms with van der Waals surface area (Å²) in [5.74, 6) is 2.23. The molecular formula is C14H23ClN2. The molecule has 0 amide bonds. The van der Waals surface area contributed by atoms with Crippen molar-refractivity contribution in [3.63, 3.8) is 0 Å². The molecule has 0 saturated heterocycles. The molecule has 0 bridgehead atoms. The van der Waals surface area contributed by atoms with E-state index in [0.717, 1.165) is 18.2 Å². The van der Waals surface area contributed by atoms with Crippen molar-refractivity contribution in [2.45, 2.75) is 52.0 Å². The van der Waals surface area contributed by atoms with E-state index >= 15 is 0 Å². The first kappa shape index (κ1) is 12.9. The van der Waals surface area contributed by atoms with Gasteiger partial charge < -0.3 is 0 Å². The minimum atomic E-state index is 0.449. The number of nitrogens with zero attached hydrogens (tertiary/aromatic N) is 2. The predicted octanol–water partition coefficient (Wildman–Crippen LogP) is 4.05. The summed E-state index contributed by atoms with van der Waals surface area (Å²) >= 11 is 6.13. The lowest BCUT2D eigenvalue weighted by Gasteiger charge is -2.19. The Morgan fingerprint density at radius 3 is 2.65 bits per heavy atom. The van der Waals surface area contributed by atoms with Crippen LogP contribution in [0.5, 0.6) is 0 Å². The standard InChI is InChI=1S/C14H23ClN2/c1-11(2)17-8-7-14(16-17)9-13(10-15)12-5-3-4-6-12/h7-8,11-13H,3-6,9-10H2,1-2H3. The highest BCUT2D eigenvalue weighted by atomic mass is 35.5. The highest BCUT2D eigenvalue weighted by Gasteiger charge is 2.25. The van der Waals surface area contributed by atoms with Crippen molar-refractivity contribution in [2.75, 3.05) is 5.88 Å². The van der Waals surface area contributed by atoms with Gasteiger partial charge in [0.1, 0.15) is 0 Å². The molecule has 0 radical (unpaired) electrons. The van der Waals surface area contributed by atoms with E-state index in [-0.39, 0.29) is 0 Å². The third-order valence-corrected chi connectivity index (χ3v) is 4.33. The van der Waals surface area contributed by atoms with Gasteiger partial charge in [-0.15, -0.1) is 11.6 Å². The fourth-order valence-corrected chi connectivity index (χ4v) is 3.18. The van der Waals surface area contributed by atoms with Gasteiger partial charge in [-0.25, -0.2) is 0 Å². The van der Waals surface area contributed by atoms with Gasteiger partial charge >= 0.3 is 0 Å². The number of rotatable bonds is 5. The van der Waals surface area contributed by atoms with E-state index in [1.165, 1.54) is 31.4 Å². The summed E-state index contributed by atoms with van der Waals surface area (Å²) in [6, 6.07) is 2.60. The second kappa shape index (κ2) is 5.90.